The van der Waals surface area contributed by atoms with Crippen LogP contribution in [0.15, 0.2) is 42.5 Å². The lowest BCUT2D eigenvalue weighted by Gasteiger charge is -2.15. The van der Waals surface area contributed by atoms with Gasteiger partial charge < -0.3 is 0 Å². The zero-order valence-electron chi connectivity index (χ0n) is 11.8. The van der Waals surface area contributed by atoms with Crippen molar-refractivity contribution in [3.8, 4) is 11.8 Å². The third-order valence-corrected chi connectivity index (χ3v) is 5.09. The first-order valence-electron chi connectivity index (χ1n) is 6.44. The topological polar surface area (TPSA) is 0 Å². The van der Waals surface area contributed by atoms with Gasteiger partial charge in [0, 0.05) is 5.56 Å². The lowest BCUT2D eigenvalue weighted by Crippen LogP contribution is -2.37. The highest BCUT2D eigenvalue weighted by Crippen LogP contribution is 2.09. The Morgan fingerprint density at radius 1 is 0.850 bits per heavy atom. The summed E-state index contributed by atoms with van der Waals surface area (Å²) < 4.78 is 26.5. The average Bonchev–Trinajstić information content (AvgIpc) is 2.39. The second-order valence-electron chi connectivity index (χ2n) is 5.70. The van der Waals surface area contributed by atoms with E-state index in [9.17, 15) is 8.78 Å². The maximum absolute atomic E-state index is 13.4. The summed E-state index contributed by atoms with van der Waals surface area (Å²) in [5.74, 6) is 4.56. The molecule has 0 unspecified atom stereocenters. The molecule has 0 aliphatic heterocycles. The van der Waals surface area contributed by atoms with E-state index in [-0.39, 0.29) is 5.56 Å². The highest BCUT2D eigenvalue weighted by molar-refractivity contribution is 6.88. The Kier molecular flexibility index (Phi) is 4.06. The first-order valence-corrected chi connectivity index (χ1v) is 9.94. The number of hydrogen-bond acceptors (Lipinski definition) is 0. The maximum atomic E-state index is 13.4. The average molecular weight is 286 g/mol. The molecule has 2 rings (SSSR count). The SMILES string of the molecule is C[Si](C)(C)c1ccc(C#Cc2cc(F)ccc2F)cc1. The highest BCUT2D eigenvalue weighted by atomic mass is 28.3. The minimum Gasteiger partial charge on any atom is -0.207 e. The normalized spacial score (nSPS) is 10.8. The Morgan fingerprint density at radius 2 is 1.50 bits per heavy atom. The quantitative estimate of drug-likeness (QED) is 0.551. The molecular formula is C17H16F2Si. The lowest BCUT2D eigenvalue weighted by atomic mass is 10.1. The van der Waals surface area contributed by atoms with Crippen LogP contribution in [0.4, 0.5) is 8.78 Å². The second-order valence-corrected chi connectivity index (χ2v) is 10.8. The molecule has 0 N–H and O–H groups in total. The van der Waals surface area contributed by atoms with Crippen molar-refractivity contribution in [2.75, 3.05) is 0 Å². The molecule has 0 amide bonds. The molecule has 0 saturated heterocycles. The van der Waals surface area contributed by atoms with E-state index in [1.165, 1.54) is 5.19 Å². The molecule has 0 nitrogen and oxygen atoms in total. The molecule has 0 bridgehead atoms. The van der Waals surface area contributed by atoms with Crippen molar-refractivity contribution in [2.24, 2.45) is 0 Å². The highest BCUT2D eigenvalue weighted by Gasteiger charge is 2.15. The summed E-state index contributed by atoms with van der Waals surface area (Å²) in [6.07, 6.45) is 0. The number of hydrogen-bond donors (Lipinski definition) is 0. The van der Waals surface area contributed by atoms with Gasteiger partial charge in [-0.15, -0.1) is 0 Å². The fourth-order valence-corrected chi connectivity index (χ4v) is 2.95. The van der Waals surface area contributed by atoms with E-state index in [0.29, 0.717) is 0 Å². The Hall–Kier alpha value is -1.92. The zero-order chi connectivity index (χ0) is 14.8. The molecule has 0 saturated carbocycles. The van der Waals surface area contributed by atoms with Gasteiger partial charge in [0.15, 0.2) is 0 Å². The van der Waals surface area contributed by atoms with Gasteiger partial charge in [-0.25, -0.2) is 8.78 Å². The van der Waals surface area contributed by atoms with Gasteiger partial charge in [0.05, 0.1) is 13.6 Å². The fourth-order valence-electron chi connectivity index (χ4n) is 1.79. The van der Waals surface area contributed by atoms with E-state index in [0.717, 1.165) is 23.8 Å². The van der Waals surface area contributed by atoms with Gasteiger partial charge >= 0.3 is 0 Å². The Balaban J connectivity index is 2.27. The number of rotatable bonds is 1. The minimum atomic E-state index is -1.32. The van der Waals surface area contributed by atoms with Gasteiger partial charge in [0.2, 0.25) is 0 Å². The largest absolute Gasteiger partial charge is 0.207 e. The van der Waals surface area contributed by atoms with Gasteiger partial charge in [0.25, 0.3) is 0 Å². The lowest BCUT2D eigenvalue weighted by molar-refractivity contribution is 0.597. The van der Waals surface area contributed by atoms with E-state index in [2.05, 4.69) is 43.6 Å². The van der Waals surface area contributed by atoms with E-state index in [4.69, 9.17) is 0 Å². The van der Waals surface area contributed by atoms with E-state index >= 15 is 0 Å². The van der Waals surface area contributed by atoms with Crippen LogP contribution in [-0.2, 0) is 0 Å². The van der Waals surface area contributed by atoms with E-state index < -0.39 is 19.7 Å². The van der Waals surface area contributed by atoms with Gasteiger partial charge in [-0.3, -0.25) is 0 Å². The minimum absolute atomic E-state index is 0.0827. The number of benzene rings is 2. The first kappa shape index (κ1) is 14.5. The zero-order valence-corrected chi connectivity index (χ0v) is 12.8. The molecule has 2 aromatic rings. The van der Waals surface area contributed by atoms with Crippen molar-refractivity contribution in [2.45, 2.75) is 19.6 Å². The molecule has 0 radical (unpaired) electrons. The number of halogens is 2. The summed E-state index contributed by atoms with van der Waals surface area (Å²) in [6.45, 7) is 6.82. The van der Waals surface area contributed by atoms with Crippen LogP contribution in [0.3, 0.4) is 0 Å². The molecule has 0 aliphatic carbocycles. The molecule has 0 atom stereocenters. The molecular weight excluding hydrogens is 270 g/mol. The van der Waals surface area contributed by atoms with Crippen LogP contribution >= 0.6 is 0 Å². The van der Waals surface area contributed by atoms with Gasteiger partial charge in [-0.05, 0) is 30.3 Å². The summed E-state index contributed by atoms with van der Waals surface area (Å²) in [7, 11) is -1.32. The standard InChI is InChI=1S/C17H16F2Si/c1-20(2,3)16-9-5-13(6-10-16)4-7-14-12-15(18)8-11-17(14)19/h5-6,8-12H,1-3H3. The third kappa shape index (κ3) is 3.55. The smallest absolute Gasteiger partial charge is 0.139 e. The predicted molar refractivity (Wildman–Crippen MR) is 81.8 cm³/mol. The van der Waals surface area contributed by atoms with Crippen molar-refractivity contribution in [3.63, 3.8) is 0 Å². The monoisotopic (exact) mass is 286 g/mol. The Bertz CT molecular complexity index is 671. The van der Waals surface area contributed by atoms with Crippen molar-refractivity contribution >= 4 is 13.3 Å². The Morgan fingerprint density at radius 3 is 2.10 bits per heavy atom. The van der Waals surface area contributed by atoms with E-state index in [1.807, 2.05) is 12.1 Å². The summed E-state index contributed by atoms with van der Waals surface area (Å²) in [5.41, 5.74) is 0.884. The molecule has 102 valence electrons. The van der Waals surface area contributed by atoms with Crippen LogP contribution in [0.2, 0.25) is 19.6 Å². The molecule has 0 spiro atoms. The van der Waals surface area contributed by atoms with Crippen molar-refractivity contribution < 1.29 is 8.78 Å². The molecule has 20 heavy (non-hydrogen) atoms. The van der Waals surface area contributed by atoms with Crippen molar-refractivity contribution in [1.82, 2.24) is 0 Å². The van der Waals surface area contributed by atoms with Gasteiger partial charge in [-0.2, -0.15) is 0 Å². The van der Waals surface area contributed by atoms with Gasteiger partial charge in [0.1, 0.15) is 11.6 Å². The van der Waals surface area contributed by atoms with Crippen LogP contribution in [0.5, 0.6) is 0 Å². The maximum Gasteiger partial charge on any atom is 0.139 e. The van der Waals surface area contributed by atoms with Gasteiger partial charge in [-0.1, -0.05) is 48.8 Å². The van der Waals surface area contributed by atoms with Crippen LogP contribution < -0.4 is 5.19 Å². The second kappa shape index (κ2) is 5.60. The predicted octanol–water partition coefficient (Wildman–Crippen LogP) is 3.91. The summed E-state index contributed by atoms with van der Waals surface area (Å²) in [6, 6.07) is 11.3. The van der Waals surface area contributed by atoms with E-state index in [1.54, 1.807) is 0 Å². The third-order valence-electron chi connectivity index (χ3n) is 3.02. The summed E-state index contributed by atoms with van der Waals surface area (Å²) in [4.78, 5) is 0. The molecule has 0 heterocycles. The van der Waals surface area contributed by atoms with Crippen LogP contribution in [-0.4, -0.2) is 8.07 Å². The first-order chi connectivity index (χ1) is 9.36. The molecule has 0 aromatic heterocycles. The summed E-state index contributed by atoms with van der Waals surface area (Å²) in [5, 5.41) is 1.35. The molecule has 0 aliphatic rings. The fraction of sp³-hybridized carbons (Fsp3) is 0.176. The molecule has 0 fully saturated rings. The van der Waals surface area contributed by atoms with Crippen molar-refractivity contribution in [3.05, 3.63) is 65.2 Å². The van der Waals surface area contributed by atoms with Crippen molar-refractivity contribution in [1.29, 1.82) is 0 Å². The Labute approximate surface area is 119 Å². The molecule has 3 heteroatoms. The van der Waals surface area contributed by atoms with Crippen LogP contribution in [0.25, 0.3) is 0 Å². The molecule has 2 aromatic carbocycles. The summed E-state index contributed by atoms with van der Waals surface area (Å²) >= 11 is 0. The van der Waals surface area contributed by atoms with Crippen LogP contribution in [0.1, 0.15) is 11.1 Å². The van der Waals surface area contributed by atoms with Crippen LogP contribution in [0, 0.1) is 23.5 Å².